The zero-order valence-corrected chi connectivity index (χ0v) is 17.2. The van der Waals surface area contributed by atoms with Crippen molar-refractivity contribution >= 4 is 28.6 Å². The Kier molecular flexibility index (Phi) is 6.22. The van der Waals surface area contributed by atoms with Crippen molar-refractivity contribution in [3.05, 3.63) is 65.0 Å². The summed E-state index contributed by atoms with van der Waals surface area (Å²) in [7, 11) is 0. The van der Waals surface area contributed by atoms with Crippen molar-refractivity contribution in [2.75, 3.05) is 11.9 Å². The van der Waals surface area contributed by atoms with Gasteiger partial charge in [0.1, 0.15) is 0 Å². The van der Waals surface area contributed by atoms with E-state index in [-0.39, 0.29) is 12.5 Å². The van der Waals surface area contributed by atoms with Crippen molar-refractivity contribution in [1.29, 1.82) is 0 Å². The van der Waals surface area contributed by atoms with E-state index in [2.05, 4.69) is 29.1 Å². The van der Waals surface area contributed by atoms with Crippen molar-refractivity contribution in [2.24, 2.45) is 0 Å². The first-order valence-electron chi connectivity index (χ1n) is 9.70. The molecule has 0 unspecified atom stereocenters. The molecule has 0 fully saturated rings. The number of ether oxygens (including phenoxy) is 1. The number of nitrogens with one attached hydrogen (secondary N) is 1. The molecule has 2 aromatic carbocycles. The number of esters is 1. The normalized spacial score (nSPS) is 11.9. The predicted octanol–water partition coefficient (Wildman–Crippen LogP) is 4.56. The summed E-state index contributed by atoms with van der Waals surface area (Å²) >= 11 is 0. The van der Waals surface area contributed by atoms with Gasteiger partial charge >= 0.3 is 5.97 Å². The molecule has 0 aliphatic carbocycles. The maximum atomic E-state index is 12.4. The van der Waals surface area contributed by atoms with Gasteiger partial charge < -0.3 is 10.1 Å². The number of hydrogen-bond donors (Lipinski definition) is 1. The highest BCUT2D eigenvalue weighted by molar-refractivity contribution is 5.97. The molecular formula is C23H25N3O3. The Morgan fingerprint density at radius 1 is 1.03 bits per heavy atom. The van der Waals surface area contributed by atoms with Gasteiger partial charge in [-0.05, 0) is 56.0 Å². The second-order valence-electron chi connectivity index (χ2n) is 7.12. The molecule has 0 aliphatic rings. The van der Waals surface area contributed by atoms with Gasteiger partial charge in [0.25, 0.3) is 5.91 Å². The topological polar surface area (TPSA) is 81.2 Å². The van der Waals surface area contributed by atoms with Crippen LogP contribution in [0.5, 0.6) is 0 Å². The monoisotopic (exact) mass is 391 g/mol. The van der Waals surface area contributed by atoms with Gasteiger partial charge in [0.2, 0.25) is 0 Å². The molecule has 1 amide bonds. The summed E-state index contributed by atoms with van der Waals surface area (Å²) in [5.41, 5.74) is 5.13. The number of hydrogen-bond acceptors (Lipinski definition) is 5. The molecule has 1 atom stereocenters. The van der Waals surface area contributed by atoms with Gasteiger partial charge in [0, 0.05) is 5.69 Å². The predicted molar refractivity (Wildman–Crippen MR) is 113 cm³/mol. The lowest BCUT2D eigenvalue weighted by Crippen LogP contribution is -2.21. The average molecular weight is 391 g/mol. The maximum absolute atomic E-state index is 12.4. The molecule has 6 heteroatoms. The van der Waals surface area contributed by atoms with E-state index in [1.165, 1.54) is 0 Å². The van der Waals surface area contributed by atoms with E-state index in [0.717, 1.165) is 29.1 Å². The second-order valence-corrected chi connectivity index (χ2v) is 7.12. The zero-order valence-electron chi connectivity index (χ0n) is 17.2. The van der Waals surface area contributed by atoms with Crippen LogP contribution in [0.15, 0.2) is 42.5 Å². The Hall–Kier alpha value is -3.28. The quantitative estimate of drug-likeness (QED) is 0.623. The Bertz CT molecular complexity index is 1060. The second kappa shape index (κ2) is 8.82. The van der Waals surface area contributed by atoms with Crippen molar-refractivity contribution in [2.45, 2.75) is 40.0 Å². The third-order valence-electron chi connectivity index (χ3n) is 5.02. The van der Waals surface area contributed by atoms with Crippen LogP contribution >= 0.6 is 0 Å². The van der Waals surface area contributed by atoms with Gasteiger partial charge in [-0.3, -0.25) is 4.79 Å². The van der Waals surface area contributed by atoms with E-state index in [0.29, 0.717) is 22.5 Å². The Labute approximate surface area is 170 Å². The van der Waals surface area contributed by atoms with Crippen LogP contribution in [0.1, 0.15) is 53.5 Å². The van der Waals surface area contributed by atoms with Crippen LogP contribution in [0, 0.1) is 13.8 Å². The number of nitrogens with zero attached hydrogens (tertiary/aromatic N) is 2. The molecule has 3 aromatic rings. The van der Waals surface area contributed by atoms with Gasteiger partial charge in [0.05, 0.1) is 28.0 Å². The number of anilines is 1. The van der Waals surface area contributed by atoms with Gasteiger partial charge in [-0.2, -0.15) is 0 Å². The zero-order chi connectivity index (χ0) is 21.0. The first-order chi connectivity index (χ1) is 13.9. The minimum Gasteiger partial charge on any atom is -0.452 e. The summed E-state index contributed by atoms with van der Waals surface area (Å²) < 4.78 is 5.19. The Balaban J connectivity index is 1.66. The standard InChI is InChI=1S/C23H25N3O3/c1-5-14(2)18-8-6-7-9-19(18)26-22(27)13-29-23(28)17-10-11-20-21(12-17)25-16(4)15(3)24-20/h6-12,14H,5,13H2,1-4H3,(H,26,27)/t14-/m0/s1. The minimum atomic E-state index is -0.572. The summed E-state index contributed by atoms with van der Waals surface area (Å²) in [6, 6.07) is 12.7. The molecule has 0 saturated heterocycles. The molecule has 0 spiro atoms. The SMILES string of the molecule is CC[C@H](C)c1ccccc1NC(=O)COC(=O)c1ccc2nc(C)c(C)nc2c1. The van der Waals surface area contributed by atoms with Crippen molar-refractivity contribution in [1.82, 2.24) is 9.97 Å². The van der Waals surface area contributed by atoms with Gasteiger partial charge in [-0.15, -0.1) is 0 Å². The molecule has 150 valence electrons. The summed E-state index contributed by atoms with van der Waals surface area (Å²) in [5, 5.41) is 2.84. The highest BCUT2D eigenvalue weighted by Gasteiger charge is 2.14. The van der Waals surface area contributed by atoms with Gasteiger partial charge in [-0.1, -0.05) is 32.0 Å². The van der Waals surface area contributed by atoms with Crippen LogP contribution in [0.4, 0.5) is 5.69 Å². The third-order valence-corrected chi connectivity index (χ3v) is 5.02. The number of amides is 1. The van der Waals surface area contributed by atoms with E-state index < -0.39 is 5.97 Å². The lowest BCUT2D eigenvalue weighted by Gasteiger charge is -2.15. The first-order valence-corrected chi connectivity index (χ1v) is 9.70. The van der Waals surface area contributed by atoms with Crippen LogP contribution in [-0.2, 0) is 9.53 Å². The average Bonchev–Trinajstić information content (AvgIpc) is 2.72. The highest BCUT2D eigenvalue weighted by Crippen LogP contribution is 2.26. The van der Waals surface area contributed by atoms with Crippen LogP contribution < -0.4 is 5.32 Å². The summed E-state index contributed by atoms with van der Waals surface area (Å²) in [6.45, 7) is 7.61. The summed E-state index contributed by atoms with van der Waals surface area (Å²) in [5.74, 6) is -0.627. The molecule has 3 rings (SSSR count). The number of aryl methyl sites for hydroxylation is 2. The fourth-order valence-corrected chi connectivity index (χ4v) is 3.02. The molecule has 0 radical (unpaired) electrons. The van der Waals surface area contributed by atoms with E-state index >= 15 is 0 Å². The molecule has 6 nitrogen and oxygen atoms in total. The molecule has 0 saturated carbocycles. The van der Waals surface area contributed by atoms with Crippen LogP contribution in [0.25, 0.3) is 11.0 Å². The van der Waals surface area contributed by atoms with Crippen molar-refractivity contribution in [3.8, 4) is 0 Å². The molecule has 1 heterocycles. The third kappa shape index (κ3) is 4.77. The number of fused-ring (bicyclic) bond motifs is 1. The van der Waals surface area contributed by atoms with Crippen LogP contribution in [-0.4, -0.2) is 28.5 Å². The lowest BCUT2D eigenvalue weighted by atomic mass is 9.97. The van der Waals surface area contributed by atoms with Gasteiger partial charge in [-0.25, -0.2) is 14.8 Å². The summed E-state index contributed by atoms with van der Waals surface area (Å²) in [4.78, 5) is 33.6. The number of benzene rings is 2. The van der Waals surface area contributed by atoms with E-state index in [4.69, 9.17) is 4.74 Å². The fourth-order valence-electron chi connectivity index (χ4n) is 3.02. The molecule has 1 aromatic heterocycles. The molecule has 1 N–H and O–H groups in total. The summed E-state index contributed by atoms with van der Waals surface area (Å²) in [6.07, 6.45) is 0.964. The van der Waals surface area contributed by atoms with Crippen LogP contribution in [0.2, 0.25) is 0 Å². The van der Waals surface area contributed by atoms with E-state index in [9.17, 15) is 9.59 Å². The number of carbonyl (C=O) groups is 2. The minimum absolute atomic E-state index is 0.319. The van der Waals surface area contributed by atoms with E-state index in [1.54, 1.807) is 18.2 Å². The Morgan fingerprint density at radius 2 is 1.72 bits per heavy atom. The highest BCUT2D eigenvalue weighted by atomic mass is 16.5. The lowest BCUT2D eigenvalue weighted by molar-refractivity contribution is -0.119. The van der Waals surface area contributed by atoms with Crippen molar-refractivity contribution in [3.63, 3.8) is 0 Å². The Morgan fingerprint density at radius 3 is 2.45 bits per heavy atom. The molecular weight excluding hydrogens is 366 g/mol. The van der Waals surface area contributed by atoms with Crippen LogP contribution in [0.3, 0.4) is 0 Å². The first kappa shape index (κ1) is 20.5. The molecule has 29 heavy (non-hydrogen) atoms. The number of para-hydroxylation sites is 1. The van der Waals surface area contributed by atoms with Gasteiger partial charge in [0.15, 0.2) is 6.61 Å². The molecule has 0 aliphatic heterocycles. The number of rotatable bonds is 6. The van der Waals surface area contributed by atoms with E-state index in [1.807, 2.05) is 38.1 Å². The van der Waals surface area contributed by atoms with Crippen molar-refractivity contribution < 1.29 is 14.3 Å². The largest absolute Gasteiger partial charge is 0.452 e. The smallest absolute Gasteiger partial charge is 0.338 e. The fraction of sp³-hybridized carbons (Fsp3) is 0.304. The number of aromatic nitrogens is 2. The number of carbonyl (C=O) groups excluding carboxylic acids is 2. The maximum Gasteiger partial charge on any atom is 0.338 e. The molecule has 0 bridgehead atoms.